The van der Waals surface area contributed by atoms with Crippen LogP contribution in [-0.2, 0) is 16.6 Å². The summed E-state index contributed by atoms with van der Waals surface area (Å²) in [6.45, 7) is 2.20. The van der Waals surface area contributed by atoms with Gasteiger partial charge in [-0.05, 0) is 30.5 Å². The van der Waals surface area contributed by atoms with Gasteiger partial charge >= 0.3 is 0 Å². The molecule has 0 N–H and O–H groups in total. The molecule has 0 unspecified atom stereocenters. The van der Waals surface area contributed by atoms with Gasteiger partial charge in [-0.25, -0.2) is 8.42 Å². The van der Waals surface area contributed by atoms with Gasteiger partial charge in [0.2, 0.25) is 10.0 Å². The number of hydrogen-bond donors (Lipinski definition) is 0. The first-order valence-electron chi connectivity index (χ1n) is 8.11. The van der Waals surface area contributed by atoms with Gasteiger partial charge in [-0.15, -0.1) is 0 Å². The normalized spacial score (nSPS) is 19.5. The fourth-order valence-corrected chi connectivity index (χ4v) is 4.12. The van der Waals surface area contributed by atoms with E-state index in [1.54, 1.807) is 6.07 Å². The molecule has 1 aliphatic carbocycles. The lowest BCUT2D eigenvalue weighted by Crippen LogP contribution is -2.26. The van der Waals surface area contributed by atoms with Crippen LogP contribution in [0.25, 0.3) is 0 Å². The van der Waals surface area contributed by atoms with Crippen LogP contribution in [0.2, 0.25) is 0 Å². The molecule has 1 aromatic carbocycles. The molecule has 0 aliphatic heterocycles. The number of methoxy groups -OCH3 is 1. The van der Waals surface area contributed by atoms with E-state index in [1.807, 2.05) is 6.07 Å². The number of rotatable bonds is 7. The lowest BCUT2D eigenvalue weighted by atomic mass is 10.3. The van der Waals surface area contributed by atoms with E-state index in [-0.39, 0.29) is 22.9 Å². The van der Waals surface area contributed by atoms with Crippen molar-refractivity contribution in [1.29, 1.82) is 0 Å². The molecule has 1 fully saturated rings. The van der Waals surface area contributed by atoms with Crippen molar-refractivity contribution in [3.8, 4) is 5.75 Å². The topological polar surface area (TPSA) is 103 Å². The number of nitro benzene ring substituents is 1. The van der Waals surface area contributed by atoms with Crippen LogP contribution in [0, 0.1) is 16.0 Å². The van der Waals surface area contributed by atoms with Gasteiger partial charge in [0.1, 0.15) is 22.2 Å². The molecular formula is C17H20N2O6S. The van der Waals surface area contributed by atoms with E-state index in [4.69, 9.17) is 9.15 Å². The zero-order valence-electron chi connectivity index (χ0n) is 14.7. The highest BCUT2D eigenvalue weighted by molar-refractivity contribution is 7.89. The number of benzene rings is 1. The average Bonchev–Trinajstić information content (AvgIpc) is 3.15. The predicted molar refractivity (Wildman–Crippen MR) is 93.5 cm³/mol. The molecule has 140 valence electrons. The predicted octanol–water partition coefficient (Wildman–Crippen LogP) is 3.14. The molecule has 1 heterocycles. The SMILES string of the molecule is COc1cc([N+](=O)[O-])ccc1S(=O)(=O)N(C)Cc1ccc([C@@H]2C[C@H]2C)o1. The van der Waals surface area contributed by atoms with Gasteiger partial charge in [-0.2, -0.15) is 4.31 Å². The van der Waals surface area contributed by atoms with E-state index in [2.05, 4.69) is 6.92 Å². The summed E-state index contributed by atoms with van der Waals surface area (Å²) < 4.78 is 37.6. The van der Waals surface area contributed by atoms with Crippen molar-refractivity contribution in [2.45, 2.75) is 30.7 Å². The Labute approximate surface area is 151 Å². The molecule has 2 atom stereocenters. The van der Waals surface area contributed by atoms with E-state index in [0.29, 0.717) is 17.6 Å². The maximum Gasteiger partial charge on any atom is 0.273 e. The Morgan fingerprint density at radius 2 is 2.04 bits per heavy atom. The van der Waals surface area contributed by atoms with Crippen LogP contribution in [0.1, 0.15) is 30.8 Å². The molecule has 1 aliphatic rings. The molecule has 26 heavy (non-hydrogen) atoms. The Hall–Kier alpha value is -2.39. The van der Waals surface area contributed by atoms with Gasteiger partial charge in [-0.1, -0.05) is 6.92 Å². The zero-order chi connectivity index (χ0) is 19.1. The molecule has 1 aromatic heterocycles. The average molecular weight is 380 g/mol. The minimum atomic E-state index is -3.90. The number of sulfonamides is 1. The highest BCUT2D eigenvalue weighted by atomic mass is 32.2. The quantitative estimate of drug-likeness (QED) is 0.540. The van der Waals surface area contributed by atoms with Crippen LogP contribution in [0.3, 0.4) is 0 Å². The fraction of sp³-hybridized carbons (Fsp3) is 0.412. The largest absolute Gasteiger partial charge is 0.495 e. The monoisotopic (exact) mass is 380 g/mol. The molecule has 9 heteroatoms. The van der Waals surface area contributed by atoms with Crippen LogP contribution >= 0.6 is 0 Å². The summed E-state index contributed by atoms with van der Waals surface area (Å²) in [6, 6.07) is 7.08. The van der Waals surface area contributed by atoms with Crippen LogP contribution in [0.15, 0.2) is 39.6 Å². The summed E-state index contributed by atoms with van der Waals surface area (Å²) in [7, 11) is -1.20. The molecule has 0 saturated heterocycles. The van der Waals surface area contributed by atoms with Crippen LogP contribution in [0.4, 0.5) is 5.69 Å². The number of hydrogen-bond acceptors (Lipinski definition) is 6. The van der Waals surface area contributed by atoms with Gasteiger partial charge in [0.15, 0.2) is 0 Å². The third-order valence-electron chi connectivity index (χ3n) is 4.58. The Bertz CT molecular complexity index is 936. The maximum absolute atomic E-state index is 12.8. The molecule has 8 nitrogen and oxygen atoms in total. The highest BCUT2D eigenvalue weighted by Gasteiger charge is 2.37. The summed E-state index contributed by atoms with van der Waals surface area (Å²) in [5.74, 6) is 2.37. The van der Waals surface area contributed by atoms with Gasteiger partial charge in [-0.3, -0.25) is 10.1 Å². The summed E-state index contributed by atoms with van der Waals surface area (Å²) in [5.41, 5.74) is -0.238. The molecule has 2 aromatic rings. The summed E-state index contributed by atoms with van der Waals surface area (Å²) in [6.07, 6.45) is 1.08. The molecule has 0 bridgehead atoms. The van der Waals surface area contributed by atoms with Crippen molar-refractivity contribution in [2.75, 3.05) is 14.2 Å². The van der Waals surface area contributed by atoms with Crippen molar-refractivity contribution < 1.29 is 22.5 Å². The third-order valence-corrected chi connectivity index (χ3v) is 6.42. The lowest BCUT2D eigenvalue weighted by Gasteiger charge is -2.17. The number of furan rings is 1. The second-order valence-corrected chi connectivity index (χ2v) is 8.49. The van der Waals surface area contributed by atoms with Crippen molar-refractivity contribution in [2.24, 2.45) is 5.92 Å². The van der Waals surface area contributed by atoms with E-state index in [0.717, 1.165) is 28.6 Å². The van der Waals surface area contributed by atoms with Gasteiger partial charge in [0, 0.05) is 19.0 Å². The molecule has 0 amide bonds. The molecule has 3 rings (SSSR count). The first-order valence-corrected chi connectivity index (χ1v) is 9.55. The minimum Gasteiger partial charge on any atom is -0.495 e. The van der Waals surface area contributed by atoms with Crippen molar-refractivity contribution in [3.05, 3.63) is 52.0 Å². The molecule has 0 radical (unpaired) electrons. The zero-order valence-corrected chi connectivity index (χ0v) is 15.5. The Morgan fingerprint density at radius 1 is 1.35 bits per heavy atom. The summed E-state index contributed by atoms with van der Waals surface area (Å²) in [5, 5.41) is 10.9. The van der Waals surface area contributed by atoms with Gasteiger partial charge in [0.05, 0.1) is 24.6 Å². The van der Waals surface area contributed by atoms with Gasteiger partial charge < -0.3 is 9.15 Å². The Balaban J connectivity index is 1.82. The smallest absolute Gasteiger partial charge is 0.273 e. The number of ether oxygens (including phenoxy) is 1. The maximum atomic E-state index is 12.8. The van der Waals surface area contributed by atoms with E-state index >= 15 is 0 Å². The molecule has 0 spiro atoms. The second-order valence-electron chi connectivity index (χ2n) is 6.48. The van der Waals surface area contributed by atoms with Crippen LogP contribution in [-0.4, -0.2) is 31.8 Å². The van der Waals surface area contributed by atoms with Crippen LogP contribution < -0.4 is 4.74 Å². The summed E-state index contributed by atoms with van der Waals surface area (Å²) in [4.78, 5) is 10.1. The number of non-ortho nitro benzene ring substituents is 1. The van der Waals surface area contributed by atoms with Crippen molar-refractivity contribution in [3.63, 3.8) is 0 Å². The van der Waals surface area contributed by atoms with E-state index in [9.17, 15) is 18.5 Å². The van der Waals surface area contributed by atoms with E-state index in [1.165, 1.54) is 20.2 Å². The Kier molecular flexibility index (Phi) is 4.76. The number of nitro groups is 1. The first-order chi connectivity index (χ1) is 12.2. The highest BCUT2D eigenvalue weighted by Crippen LogP contribution is 2.47. The van der Waals surface area contributed by atoms with Crippen molar-refractivity contribution in [1.82, 2.24) is 4.31 Å². The van der Waals surface area contributed by atoms with Gasteiger partial charge in [0.25, 0.3) is 5.69 Å². The fourth-order valence-electron chi connectivity index (χ4n) is 2.85. The molecular weight excluding hydrogens is 360 g/mol. The first kappa shape index (κ1) is 18.4. The minimum absolute atomic E-state index is 0.0591. The van der Waals surface area contributed by atoms with E-state index < -0.39 is 14.9 Å². The molecule has 1 saturated carbocycles. The second kappa shape index (κ2) is 6.73. The van der Waals surface area contributed by atoms with Crippen LogP contribution in [0.5, 0.6) is 5.75 Å². The standard InChI is InChI=1S/C17H20N2O6S/c1-11-8-14(11)15-6-5-13(25-15)10-18(2)26(22,23)17-7-4-12(19(20)21)9-16(17)24-3/h4-7,9,11,14H,8,10H2,1-3H3/t11-,14-/m1/s1. The number of nitrogens with zero attached hydrogens (tertiary/aromatic N) is 2. The Morgan fingerprint density at radius 3 is 2.62 bits per heavy atom. The third kappa shape index (κ3) is 3.45. The summed E-state index contributed by atoms with van der Waals surface area (Å²) >= 11 is 0. The van der Waals surface area contributed by atoms with Crippen molar-refractivity contribution >= 4 is 15.7 Å². The lowest BCUT2D eigenvalue weighted by molar-refractivity contribution is -0.385.